The molecule has 1 saturated carbocycles. The number of nitrogens with one attached hydrogen (secondary N) is 2. The zero-order valence-electron chi connectivity index (χ0n) is 33.3. The molecule has 1 atom stereocenters. The van der Waals surface area contributed by atoms with Crippen LogP contribution in [0.1, 0.15) is 86.1 Å². The minimum atomic E-state index is -4.67. The number of rotatable bonds is 10. The molecule has 0 bridgehead atoms. The second-order valence-corrected chi connectivity index (χ2v) is 16.1. The van der Waals surface area contributed by atoms with Gasteiger partial charge in [-0.15, -0.1) is 0 Å². The fraction of sp³-hybridized carbons (Fsp3) is 0.476. The zero-order valence-corrected chi connectivity index (χ0v) is 33.3. The number of benzene rings is 2. The maximum atomic E-state index is 13.4. The Balaban J connectivity index is 0.839. The number of para-hydroxylation sites is 1. The second kappa shape index (κ2) is 16.2. The number of methoxy groups -OCH3 is 1. The summed E-state index contributed by atoms with van der Waals surface area (Å²) in [5.74, 6) is -0.577. The third-order valence-corrected chi connectivity index (χ3v) is 12.5. The number of nitrogens with zero attached hydrogens (tertiary/aromatic N) is 7. The third-order valence-electron chi connectivity index (χ3n) is 12.5. The van der Waals surface area contributed by atoms with E-state index in [0.717, 1.165) is 93.3 Å². The smallest absolute Gasteiger partial charge is 0.433 e. The predicted octanol–water partition coefficient (Wildman–Crippen LogP) is 6.06. The van der Waals surface area contributed by atoms with Gasteiger partial charge in [0.2, 0.25) is 11.8 Å². The van der Waals surface area contributed by atoms with E-state index in [2.05, 4.69) is 32.5 Å². The first kappa shape index (κ1) is 40.1. The molecule has 2 saturated heterocycles. The van der Waals surface area contributed by atoms with Gasteiger partial charge in [0.05, 0.1) is 41.1 Å². The van der Waals surface area contributed by atoms with Crippen LogP contribution >= 0.6 is 0 Å². The average Bonchev–Trinajstić information content (AvgIpc) is 3.76. The van der Waals surface area contributed by atoms with Crippen LogP contribution < -0.4 is 26.0 Å². The number of amides is 3. The molecular weight excluding hydrogens is 768 g/mol. The SMILES string of the molecule is COc1cc2nn(C3CCC(CCN(C)C4CCN(c5cccc6c5n(C)c(=O)n6[C@@H]5CCC(=O)NC5=O)CC4)CC3)cc2cc1NC(=O)c1cccc(C(F)(F)F)n1. The lowest BCUT2D eigenvalue weighted by Crippen LogP contribution is -2.44. The van der Waals surface area contributed by atoms with Gasteiger partial charge in [-0.1, -0.05) is 12.1 Å². The van der Waals surface area contributed by atoms with Gasteiger partial charge in [-0.05, 0) is 101 Å². The van der Waals surface area contributed by atoms with E-state index in [9.17, 15) is 32.3 Å². The van der Waals surface area contributed by atoms with E-state index in [1.54, 1.807) is 23.7 Å². The molecule has 0 unspecified atom stereocenters. The second-order valence-electron chi connectivity index (χ2n) is 16.1. The highest BCUT2D eigenvalue weighted by Gasteiger charge is 2.34. The number of carbonyl (C=O) groups excluding carboxylic acids is 3. The molecule has 3 amide bonds. The topological polar surface area (TPSA) is 149 Å². The number of pyridine rings is 1. The van der Waals surface area contributed by atoms with Crippen molar-refractivity contribution in [2.75, 3.05) is 44.0 Å². The highest BCUT2D eigenvalue weighted by atomic mass is 19.4. The van der Waals surface area contributed by atoms with E-state index in [4.69, 9.17) is 9.84 Å². The number of anilines is 2. The summed E-state index contributed by atoms with van der Waals surface area (Å²) >= 11 is 0. The summed E-state index contributed by atoms with van der Waals surface area (Å²) in [7, 11) is 5.41. The van der Waals surface area contributed by atoms with Crippen LogP contribution in [0.5, 0.6) is 5.75 Å². The summed E-state index contributed by atoms with van der Waals surface area (Å²) in [6, 6.07) is 12.5. The molecule has 5 aromatic rings. The molecule has 2 aromatic carbocycles. The summed E-state index contributed by atoms with van der Waals surface area (Å²) in [5.41, 5.74) is 1.73. The molecule has 17 heteroatoms. The third kappa shape index (κ3) is 8.04. The molecule has 8 rings (SSSR count). The number of imide groups is 1. The van der Waals surface area contributed by atoms with Crippen molar-refractivity contribution in [1.82, 2.24) is 34.1 Å². The first-order chi connectivity index (χ1) is 28.3. The highest BCUT2D eigenvalue weighted by molar-refractivity contribution is 6.05. The number of alkyl halides is 3. The molecule has 3 aliphatic rings. The summed E-state index contributed by atoms with van der Waals surface area (Å²) in [5, 5.41) is 10.6. The minimum Gasteiger partial charge on any atom is -0.494 e. The molecular formula is C42H48F3N9O5. The molecule has 5 heterocycles. The van der Waals surface area contributed by atoms with Gasteiger partial charge in [-0.3, -0.25) is 33.5 Å². The quantitative estimate of drug-likeness (QED) is 0.161. The Labute approximate surface area is 338 Å². The molecule has 14 nitrogen and oxygen atoms in total. The van der Waals surface area contributed by atoms with Gasteiger partial charge < -0.3 is 19.9 Å². The van der Waals surface area contributed by atoms with Crippen molar-refractivity contribution in [2.24, 2.45) is 13.0 Å². The average molecular weight is 816 g/mol. The maximum Gasteiger partial charge on any atom is 0.433 e. The van der Waals surface area contributed by atoms with E-state index in [1.807, 2.05) is 29.1 Å². The van der Waals surface area contributed by atoms with Gasteiger partial charge in [0.25, 0.3) is 5.91 Å². The number of hydrogen-bond acceptors (Lipinski definition) is 9. The lowest BCUT2D eigenvalue weighted by molar-refractivity contribution is -0.141. The first-order valence-corrected chi connectivity index (χ1v) is 20.2. The molecule has 312 valence electrons. The number of aromatic nitrogens is 5. The number of imidazole rings is 1. The van der Waals surface area contributed by atoms with Gasteiger partial charge in [-0.2, -0.15) is 18.3 Å². The monoisotopic (exact) mass is 815 g/mol. The number of fused-ring (bicyclic) bond motifs is 2. The van der Waals surface area contributed by atoms with Crippen molar-refractivity contribution in [3.63, 3.8) is 0 Å². The van der Waals surface area contributed by atoms with Gasteiger partial charge in [0.15, 0.2) is 0 Å². The van der Waals surface area contributed by atoms with Gasteiger partial charge >= 0.3 is 11.9 Å². The molecule has 1 aliphatic carbocycles. The van der Waals surface area contributed by atoms with Crippen LogP contribution in [-0.4, -0.2) is 86.4 Å². The number of carbonyl (C=O) groups is 3. The van der Waals surface area contributed by atoms with Crippen LogP contribution in [0.2, 0.25) is 0 Å². The lowest BCUT2D eigenvalue weighted by atomic mass is 9.84. The largest absolute Gasteiger partial charge is 0.494 e. The summed E-state index contributed by atoms with van der Waals surface area (Å²) in [6.07, 6.45) is 5.03. The van der Waals surface area contributed by atoms with Crippen LogP contribution in [0.4, 0.5) is 24.5 Å². The Morgan fingerprint density at radius 3 is 2.46 bits per heavy atom. The number of ether oxygens (including phenoxy) is 1. The minimum absolute atomic E-state index is 0.201. The van der Waals surface area contributed by atoms with Crippen molar-refractivity contribution in [2.45, 2.75) is 82.1 Å². The van der Waals surface area contributed by atoms with Crippen LogP contribution in [-0.2, 0) is 22.8 Å². The van der Waals surface area contributed by atoms with Gasteiger partial charge in [-0.25, -0.2) is 9.78 Å². The van der Waals surface area contributed by atoms with Crippen LogP contribution in [0.3, 0.4) is 0 Å². The molecule has 0 radical (unpaired) electrons. The maximum absolute atomic E-state index is 13.4. The Kier molecular flexibility index (Phi) is 11.0. The van der Waals surface area contributed by atoms with Gasteiger partial charge in [0.1, 0.15) is 23.2 Å². The fourth-order valence-electron chi connectivity index (χ4n) is 9.15. The predicted molar refractivity (Wildman–Crippen MR) is 216 cm³/mol. The van der Waals surface area contributed by atoms with E-state index >= 15 is 0 Å². The van der Waals surface area contributed by atoms with Gasteiger partial charge in [0, 0.05) is 50.2 Å². The lowest BCUT2D eigenvalue weighted by Gasteiger charge is -2.39. The highest BCUT2D eigenvalue weighted by Crippen LogP contribution is 2.37. The molecule has 2 N–H and O–H groups in total. The molecule has 3 fully saturated rings. The van der Waals surface area contributed by atoms with Crippen molar-refractivity contribution in [3.8, 4) is 5.75 Å². The summed E-state index contributed by atoms with van der Waals surface area (Å²) in [4.78, 5) is 59.1. The van der Waals surface area contributed by atoms with Crippen molar-refractivity contribution in [3.05, 3.63) is 76.6 Å². The van der Waals surface area contributed by atoms with Crippen molar-refractivity contribution in [1.29, 1.82) is 0 Å². The van der Waals surface area contributed by atoms with Crippen LogP contribution in [0.15, 0.2) is 59.5 Å². The van der Waals surface area contributed by atoms with E-state index < -0.39 is 29.7 Å². The Morgan fingerprint density at radius 2 is 1.75 bits per heavy atom. The summed E-state index contributed by atoms with van der Waals surface area (Å²) in [6.45, 7) is 2.71. The fourth-order valence-corrected chi connectivity index (χ4v) is 9.15. The Hall–Kier alpha value is -5.71. The first-order valence-electron chi connectivity index (χ1n) is 20.2. The Morgan fingerprint density at radius 1 is 1.00 bits per heavy atom. The van der Waals surface area contributed by atoms with E-state index in [0.29, 0.717) is 40.9 Å². The summed E-state index contributed by atoms with van der Waals surface area (Å²) < 4.78 is 50.2. The standard InChI is InChI=1S/C42H48F3N9O5/c1-50(27-17-20-52(21-18-27)32-7-5-8-33-38(32)51(2)41(58)54(33)34-14-15-37(55)48-40(34)57)19-16-25-10-12-28(13-11-25)53-24-26-22-31(35(59-3)23-30(26)49-53)47-39(56)29-6-4-9-36(46-29)42(43,44)45/h4-9,22-25,27-28,34H,10-21H2,1-3H3,(H,47,56)(H,48,55,57)/t25?,28?,34-/m1/s1. The molecule has 59 heavy (non-hydrogen) atoms. The van der Waals surface area contributed by atoms with Crippen LogP contribution in [0.25, 0.3) is 21.9 Å². The van der Waals surface area contributed by atoms with E-state index in [1.165, 1.54) is 17.7 Å². The molecule has 3 aromatic heterocycles. The zero-order chi connectivity index (χ0) is 41.6. The van der Waals surface area contributed by atoms with E-state index in [-0.39, 0.29) is 29.8 Å². The molecule has 0 spiro atoms. The van der Waals surface area contributed by atoms with Crippen molar-refractivity contribution >= 4 is 51.0 Å². The Bertz CT molecular complexity index is 2460. The normalized spacial score (nSPS) is 20.7. The number of hydrogen-bond donors (Lipinski definition) is 2. The van der Waals surface area contributed by atoms with Crippen LogP contribution in [0, 0.1) is 5.92 Å². The molecule has 2 aliphatic heterocycles. The number of halogens is 3. The number of aryl methyl sites for hydroxylation is 1. The number of piperidine rings is 2. The van der Waals surface area contributed by atoms with Crippen molar-refractivity contribution < 1.29 is 32.3 Å².